The van der Waals surface area contributed by atoms with Crippen molar-refractivity contribution in [3.05, 3.63) is 46.2 Å². The summed E-state index contributed by atoms with van der Waals surface area (Å²) in [5.74, 6) is 1.49. The molecule has 0 radical (unpaired) electrons. The minimum Gasteiger partial charge on any atom is -0.493 e. The Bertz CT molecular complexity index is 670. The number of thiophene rings is 1. The summed E-state index contributed by atoms with van der Waals surface area (Å²) in [5.41, 5.74) is 2.02. The molecule has 5 nitrogen and oxygen atoms in total. The third kappa shape index (κ3) is 4.76. The molecule has 1 N–H and O–H groups in total. The summed E-state index contributed by atoms with van der Waals surface area (Å²) < 4.78 is 15.9. The molecule has 0 unspecified atom stereocenters. The molecule has 0 aliphatic heterocycles. The molecule has 0 aliphatic rings. The molecule has 24 heavy (non-hydrogen) atoms. The van der Waals surface area contributed by atoms with Gasteiger partial charge < -0.3 is 19.5 Å². The molecule has 6 heteroatoms. The van der Waals surface area contributed by atoms with Crippen molar-refractivity contribution in [2.75, 3.05) is 27.9 Å². The van der Waals surface area contributed by atoms with Crippen molar-refractivity contribution in [3.63, 3.8) is 0 Å². The van der Waals surface area contributed by atoms with Crippen molar-refractivity contribution in [1.82, 2.24) is 5.32 Å². The molecule has 0 bridgehead atoms. The number of rotatable bonds is 8. The van der Waals surface area contributed by atoms with Gasteiger partial charge in [-0.3, -0.25) is 4.79 Å². The van der Waals surface area contributed by atoms with E-state index in [-0.39, 0.29) is 5.91 Å². The number of carbonyl (C=O) groups is 1. The third-order valence-corrected chi connectivity index (χ3v) is 4.14. The molecule has 0 fully saturated rings. The first kappa shape index (κ1) is 17.9. The van der Waals surface area contributed by atoms with Gasteiger partial charge in [-0.2, -0.15) is 11.3 Å². The smallest absolute Gasteiger partial charge is 0.244 e. The highest BCUT2D eigenvalue weighted by Gasteiger charge is 2.12. The lowest BCUT2D eigenvalue weighted by atomic mass is 10.1. The van der Waals surface area contributed by atoms with Crippen LogP contribution in [0.4, 0.5) is 0 Å². The Labute approximate surface area is 145 Å². The number of amides is 1. The van der Waals surface area contributed by atoms with E-state index >= 15 is 0 Å². The zero-order valence-corrected chi connectivity index (χ0v) is 14.8. The average molecular weight is 347 g/mol. The number of carbonyl (C=O) groups excluding carboxylic acids is 1. The van der Waals surface area contributed by atoms with Gasteiger partial charge in [0.25, 0.3) is 0 Å². The highest BCUT2D eigenvalue weighted by molar-refractivity contribution is 7.07. The van der Waals surface area contributed by atoms with Crippen LogP contribution in [0.25, 0.3) is 6.08 Å². The van der Waals surface area contributed by atoms with E-state index in [9.17, 15) is 4.79 Å². The van der Waals surface area contributed by atoms with E-state index < -0.39 is 0 Å². The molecule has 2 rings (SSSR count). The average Bonchev–Trinajstić information content (AvgIpc) is 3.12. The highest BCUT2D eigenvalue weighted by atomic mass is 32.1. The molecule has 128 valence electrons. The number of hydrogen-bond donors (Lipinski definition) is 1. The fourth-order valence-corrected chi connectivity index (χ4v) is 2.90. The summed E-state index contributed by atoms with van der Waals surface area (Å²) in [4.78, 5) is 11.9. The van der Waals surface area contributed by atoms with Crippen LogP contribution in [0.3, 0.4) is 0 Å². The van der Waals surface area contributed by atoms with Gasteiger partial charge in [-0.25, -0.2) is 0 Å². The predicted molar refractivity (Wildman–Crippen MR) is 96.2 cm³/mol. The molecule has 0 spiro atoms. The SMILES string of the molecule is COc1cc(/C=C/C(=O)NCCc2ccsc2)cc(OC)c1OC. The van der Waals surface area contributed by atoms with Crippen LogP contribution >= 0.6 is 11.3 Å². The molecular weight excluding hydrogens is 326 g/mol. The lowest BCUT2D eigenvalue weighted by Crippen LogP contribution is -2.23. The van der Waals surface area contributed by atoms with E-state index in [4.69, 9.17) is 14.2 Å². The van der Waals surface area contributed by atoms with Crippen molar-refractivity contribution in [2.24, 2.45) is 0 Å². The fraction of sp³-hybridized carbons (Fsp3) is 0.278. The Balaban J connectivity index is 1.98. The maximum atomic E-state index is 11.9. The van der Waals surface area contributed by atoms with Gasteiger partial charge in [-0.1, -0.05) is 0 Å². The Morgan fingerprint density at radius 3 is 2.42 bits per heavy atom. The highest BCUT2D eigenvalue weighted by Crippen LogP contribution is 2.38. The first-order valence-electron chi connectivity index (χ1n) is 7.45. The molecule has 0 aliphatic carbocycles. The Kier molecular flexibility index (Phi) is 6.69. The summed E-state index contributed by atoms with van der Waals surface area (Å²) in [7, 11) is 4.67. The van der Waals surface area contributed by atoms with Gasteiger partial charge in [0.2, 0.25) is 11.7 Å². The van der Waals surface area contributed by atoms with Gasteiger partial charge in [-0.05, 0) is 52.6 Å². The Morgan fingerprint density at radius 1 is 1.17 bits per heavy atom. The van der Waals surface area contributed by atoms with E-state index in [1.807, 2.05) is 5.38 Å². The largest absolute Gasteiger partial charge is 0.493 e. The second-order valence-electron chi connectivity index (χ2n) is 4.96. The van der Waals surface area contributed by atoms with Crippen LogP contribution in [-0.2, 0) is 11.2 Å². The predicted octanol–water partition coefficient (Wildman–Crippen LogP) is 3.15. The molecule has 1 aromatic carbocycles. The molecule has 0 saturated heterocycles. The van der Waals surface area contributed by atoms with Crippen molar-refractivity contribution >= 4 is 23.3 Å². The molecule has 0 saturated carbocycles. The van der Waals surface area contributed by atoms with E-state index in [2.05, 4.69) is 16.8 Å². The van der Waals surface area contributed by atoms with Gasteiger partial charge in [0.15, 0.2) is 11.5 Å². The first-order valence-corrected chi connectivity index (χ1v) is 8.39. The zero-order valence-electron chi connectivity index (χ0n) is 14.0. The summed E-state index contributed by atoms with van der Waals surface area (Å²) in [6.07, 6.45) is 4.03. The van der Waals surface area contributed by atoms with E-state index in [0.29, 0.717) is 23.8 Å². The lowest BCUT2D eigenvalue weighted by Gasteiger charge is -2.12. The standard InChI is InChI=1S/C18H21NO4S/c1-21-15-10-14(11-16(22-2)18(15)23-3)4-5-17(20)19-8-6-13-7-9-24-12-13/h4-5,7,9-12H,6,8H2,1-3H3,(H,19,20)/b5-4+. The zero-order chi connectivity index (χ0) is 17.4. The van der Waals surface area contributed by atoms with Gasteiger partial charge in [0, 0.05) is 12.6 Å². The van der Waals surface area contributed by atoms with Crippen LogP contribution in [0.2, 0.25) is 0 Å². The maximum Gasteiger partial charge on any atom is 0.244 e. The summed E-state index contributed by atoms with van der Waals surface area (Å²) in [6, 6.07) is 5.63. The summed E-state index contributed by atoms with van der Waals surface area (Å²) in [6.45, 7) is 0.606. The molecule has 1 aromatic heterocycles. The van der Waals surface area contributed by atoms with Crippen LogP contribution in [0.5, 0.6) is 17.2 Å². The topological polar surface area (TPSA) is 56.8 Å². The number of nitrogens with one attached hydrogen (secondary N) is 1. The van der Waals surface area contributed by atoms with Crippen LogP contribution in [0, 0.1) is 0 Å². The maximum absolute atomic E-state index is 11.9. The van der Waals surface area contributed by atoms with Gasteiger partial charge in [0.05, 0.1) is 21.3 Å². The molecule has 1 heterocycles. The number of ether oxygens (including phenoxy) is 3. The monoisotopic (exact) mass is 347 g/mol. The minimum absolute atomic E-state index is 0.140. The van der Waals surface area contributed by atoms with Crippen LogP contribution in [0.15, 0.2) is 35.0 Å². The Hall–Kier alpha value is -2.47. The first-order chi connectivity index (χ1) is 11.7. The number of hydrogen-bond acceptors (Lipinski definition) is 5. The van der Waals surface area contributed by atoms with Gasteiger partial charge in [0.1, 0.15) is 0 Å². The number of methoxy groups -OCH3 is 3. The summed E-state index contributed by atoms with van der Waals surface area (Å²) in [5, 5.41) is 6.97. The molecule has 1 amide bonds. The van der Waals surface area contributed by atoms with Gasteiger partial charge in [-0.15, -0.1) is 0 Å². The van der Waals surface area contributed by atoms with Crippen LogP contribution < -0.4 is 19.5 Å². The molecular formula is C18H21NO4S. The Morgan fingerprint density at radius 2 is 1.88 bits per heavy atom. The third-order valence-electron chi connectivity index (χ3n) is 3.41. The van der Waals surface area contributed by atoms with E-state index in [1.54, 1.807) is 50.9 Å². The second-order valence-corrected chi connectivity index (χ2v) is 5.74. The van der Waals surface area contributed by atoms with Gasteiger partial charge >= 0.3 is 0 Å². The van der Waals surface area contributed by atoms with Crippen LogP contribution in [0.1, 0.15) is 11.1 Å². The fourth-order valence-electron chi connectivity index (χ4n) is 2.19. The second kappa shape index (κ2) is 8.98. The van der Waals surface area contributed by atoms with E-state index in [1.165, 1.54) is 11.6 Å². The minimum atomic E-state index is -0.140. The lowest BCUT2D eigenvalue weighted by molar-refractivity contribution is -0.116. The summed E-state index contributed by atoms with van der Waals surface area (Å²) >= 11 is 1.66. The van der Waals surface area contributed by atoms with Crippen molar-refractivity contribution in [3.8, 4) is 17.2 Å². The van der Waals surface area contributed by atoms with Crippen LogP contribution in [-0.4, -0.2) is 33.8 Å². The van der Waals surface area contributed by atoms with E-state index in [0.717, 1.165) is 12.0 Å². The number of benzene rings is 1. The van der Waals surface area contributed by atoms with Crippen molar-refractivity contribution in [2.45, 2.75) is 6.42 Å². The van der Waals surface area contributed by atoms with Crippen molar-refractivity contribution < 1.29 is 19.0 Å². The normalized spacial score (nSPS) is 10.6. The molecule has 2 aromatic rings. The van der Waals surface area contributed by atoms with Crippen molar-refractivity contribution in [1.29, 1.82) is 0 Å². The quantitative estimate of drug-likeness (QED) is 0.746. The molecule has 0 atom stereocenters.